The Labute approximate surface area is 89.4 Å². The number of carbonyl (C=O) groups is 1. The van der Waals surface area contributed by atoms with Crippen molar-refractivity contribution >= 4 is 17.7 Å². The summed E-state index contributed by atoms with van der Waals surface area (Å²) >= 11 is 1.77. The predicted molar refractivity (Wildman–Crippen MR) is 58.4 cm³/mol. The molecule has 0 saturated carbocycles. The smallest absolute Gasteiger partial charge is 0.240 e. The van der Waals surface area contributed by atoms with Gasteiger partial charge in [0.25, 0.3) is 0 Å². The predicted octanol–water partition coefficient (Wildman–Crippen LogP) is 0.144. The van der Waals surface area contributed by atoms with E-state index in [0.717, 1.165) is 24.6 Å². The van der Waals surface area contributed by atoms with Gasteiger partial charge in [0.05, 0.1) is 6.04 Å². The Balaban J connectivity index is 2.21. The lowest BCUT2D eigenvalue weighted by molar-refractivity contribution is -0.131. The molecule has 1 aliphatic heterocycles. The molecule has 1 saturated heterocycles. The number of thioether (sulfide) groups is 1. The lowest BCUT2D eigenvalue weighted by Crippen LogP contribution is -2.43. The van der Waals surface area contributed by atoms with Gasteiger partial charge in [0.2, 0.25) is 5.91 Å². The van der Waals surface area contributed by atoms with Gasteiger partial charge in [-0.2, -0.15) is 0 Å². The summed E-state index contributed by atoms with van der Waals surface area (Å²) in [5, 5.41) is 3.17. The zero-order chi connectivity index (χ0) is 10.4. The number of hydrogen-bond acceptors (Lipinski definition) is 4. The Morgan fingerprint density at radius 3 is 3.07 bits per heavy atom. The van der Waals surface area contributed by atoms with Crippen LogP contribution in [0.1, 0.15) is 6.42 Å². The summed E-state index contributed by atoms with van der Waals surface area (Å²) in [6.45, 7) is 1.49. The van der Waals surface area contributed by atoms with Gasteiger partial charge in [-0.3, -0.25) is 10.1 Å². The summed E-state index contributed by atoms with van der Waals surface area (Å²) in [5.74, 6) is 1.99. The van der Waals surface area contributed by atoms with Crippen LogP contribution in [-0.2, 0) is 9.53 Å². The lowest BCUT2D eigenvalue weighted by atomic mass is 10.3. The van der Waals surface area contributed by atoms with Gasteiger partial charge in [-0.15, -0.1) is 11.8 Å². The standard InChI is InChI=1S/C9H18N2O2S/c1-11(4-3-5-13-2)9(12)8-6-14-7-10-8/h8,10H,3-7H2,1-2H3. The highest BCUT2D eigenvalue weighted by Crippen LogP contribution is 2.11. The van der Waals surface area contributed by atoms with Crippen LogP contribution in [0.5, 0.6) is 0 Å². The first-order chi connectivity index (χ1) is 6.75. The van der Waals surface area contributed by atoms with Crippen LogP contribution >= 0.6 is 11.8 Å². The molecule has 0 aliphatic carbocycles. The molecule has 1 N–H and O–H groups in total. The van der Waals surface area contributed by atoms with Gasteiger partial charge in [0.1, 0.15) is 0 Å². The second kappa shape index (κ2) is 6.27. The Bertz CT molecular complexity index is 184. The Morgan fingerprint density at radius 1 is 1.71 bits per heavy atom. The normalized spacial score (nSPS) is 21.1. The summed E-state index contributed by atoms with van der Waals surface area (Å²) in [6, 6.07) is 0.0209. The van der Waals surface area contributed by atoms with E-state index in [1.807, 2.05) is 7.05 Å². The molecule has 1 amide bonds. The van der Waals surface area contributed by atoms with Crippen LogP contribution in [0.2, 0.25) is 0 Å². The van der Waals surface area contributed by atoms with Crippen molar-refractivity contribution in [2.24, 2.45) is 0 Å². The van der Waals surface area contributed by atoms with Crippen molar-refractivity contribution in [3.8, 4) is 0 Å². The molecule has 0 aromatic rings. The van der Waals surface area contributed by atoms with Crippen molar-refractivity contribution in [3.05, 3.63) is 0 Å². The van der Waals surface area contributed by atoms with Gasteiger partial charge in [0, 0.05) is 38.9 Å². The Hall–Kier alpha value is -0.260. The molecule has 82 valence electrons. The van der Waals surface area contributed by atoms with E-state index in [1.54, 1.807) is 23.8 Å². The van der Waals surface area contributed by atoms with E-state index in [1.165, 1.54) is 0 Å². The SMILES string of the molecule is COCCCN(C)C(=O)C1CSCN1. The quantitative estimate of drug-likeness (QED) is 0.667. The number of methoxy groups -OCH3 is 1. The number of hydrogen-bond donors (Lipinski definition) is 1. The summed E-state index contributed by atoms with van der Waals surface area (Å²) < 4.78 is 4.94. The van der Waals surface area contributed by atoms with E-state index in [4.69, 9.17) is 4.74 Å². The van der Waals surface area contributed by atoms with E-state index in [0.29, 0.717) is 6.61 Å². The van der Waals surface area contributed by atoms with Crippen LogP contribution in [0.15, 0.2) is 0 Å². The molecule has 4 nitrogen and oxygen atoms in total. The number of amides is 1. The molecule has 1 fully saturated rings. The number of likely N-dealkylation sites (N-methyl/N-ethyl adjacent to an activating group) is 1. The van der Waals surface area contributed by atoms with Gasteiger partial charge in [-0.25, -0.2) is 0 Å². The van der Waals surface area contributed by atoms with Gasteiger partial charge in [-0.05, 0) is 6.42 Å². The summed E-state index contributed by atoms with van der Waals surface area (Å²) in [4.78, 5) is 13.5. The monoisotopic (exact) mass is 218 g/mol. The molecule has 1 rings (SSSR count). The summed E-state index contributed by atoms with van der Waals surface area (Å²) in [6.07, 6.45) is 0.901. The van der Waals surface area contributed by atoms with Gasteiger partial charge < -0.3 is 9.64 Å². The molecular weight excluding hydrogens is 200 g/mol. The van der Waals surface area contributed by atoms with Crippen LogP contribution < -0.4 is 5.32 Å². The molecule has 5 heteroatoms. The second-order valence-electron chi connectivity index (χ2n) is 3.38. The molecule has 0 bridgehead atoms. The zero-order valence-electron chi connectivity index (χ0n) is 8.78. The van der Waals surface area contributed by atoms with Crippen LogP contribution in [0.4, 0.5) is 0 Å². The van der Waals surface area contributed by atoms with E-state index in [9.17, 15) is 4.79 Å². The number of ether oxygens (including phenoxy) is 1. The highest BCUT2D eigenvalue weighted by molar-refractivity contribution is 7.99. The van der Waals surface area contributed by atoms with Gasteiger partial charge in [0.15, 0.2) is 0 Å². The highest BCUT2D eigenvalue weighted by atomic mass is 32.2. The minimum Gasteiger partial charge on any atom is -0.385 e. The van der Waals surface area contributed by atoms with E-state index >= 15 is 0 Å². The zero-order valence-corrected chi connectivity index (χ0v) is 9.60. The first-order valence-corrected chi connectivity index (χ1v) is 5.96. The average molecular weight is 218 g/mol. The highest BCUT2D eigenvalue weighted by Gasteiger charge is 2.24. The van der Waals surface area contributed by atoms with E-state index in [-0.39, 0.29) is 11.9 Å². The van der Waals surface area contributed by atoms with Crippen LogP contribution in [0, 0.1) is 0 Å². The van der Waals surface area contributed by atoms with Gasteiger partial charge >= 0.3 is 0 Å². The van der Waals surface area contributed by atoms with Crippen molar-refractivity contribution in [1.29, 1.82) is 0 Å². The van der Waals surface area contributed by atoms with Crippen LogP contribution in [-0.4, -0.2) is 55.8 Å². The van der Waals surface area contributed by atoms with Crippen molar-refractivity contribution in [2.75, 3.05) is 38.9 Å². The maximum absolute atomic E-state index is 11.7. The Morgan fingerprint density at radius 2 is 2.50 bits per heavy atom. The maximum atomic E-state index is 11.7. The molecule has 0 radical (unpaired) electrons. The van der Waals surface area contributed by atoms with Crippen molar-refractivity contribution in [3.63, 3.8) is 0 Å². The third-order valence-corrected chi connectivity index (χ3v) is 3.17. The minimum atomic E-state index is 0.0209. The van der Waals surface area contributed by atoms with Crippen LogP contribution in [0.25, 0.3) is 0 Å². The molecule has 0 aromatic heterocycles. The fraction of sp³-hybridized carbons (Fsp3) is 0.889. The fourth-order valence-electron chi connectivity index (χ4n) is 1.38. The van der Waals surface area contributed by atoms with Crippen LogP contribution in [0.3, 0.4) is 0 Å². The second-order valence-corrected chi connectivity index (χ2v) is 4.41. The molecule has 1 heterocycles. The lowest BCUT2D eigenvalue weighted by Gasteiger charge is -2.20. The summed E-state index contributed by atoms with van der Waals surface area (Å²) in [7, 11) is 3.53. The average Bonchev–Trinajstić information content (AvgIpc) is 2.69. The molecular formula is C9H18N2O2S. The first-order valence-electron chi connectivity index (χ1n) is 4.80. The van der Waals surface area contributed by atoms with Crippen molar-refractivity contribution in [1.82, 2.24) is 10.2 Å². The molecule has 1 unspecified atom stereocenters. The topological polar surface area (TPSA) is 41.6 Å². The largest absolute Gasteiger partial charge is 0.385 e. The number of carbonyl (C=O) groups excluding carboxylic acids is 1. The van der Waals surface area contributed by atoms with E-state index in [2.05, 4.69) is 5.32 Å². The number of rotatable bonds is 5. The molecule has 0 spiro atoms. The number of nitrogens with one attached hydrogen (secondary N) is 1. The number of nitrogens with zero attached hydrogens (tertiary/aromatic N) is 1. The molecule has 14 heavy (non-hydrogen) atoms. The van der Waals surface area contributed by atoms with E-state index < -0.39 is 0 Å². The molecule has 1 aliphatic rings. The fourth-order valence-corrected chi connectivity index (χ4v) is 2.31. The summed E-state index contributed by atoms with van der Waals surface area (Å²) in [5.41, 5.74) is 0. The third-order valence-electron chi connectivity index (χ3n) is 2.23. The van der Waals surface area contributed by atoms with Crippen molar-refractivity contribution < 1.29 is 9.53 Å². The third kappa shape index (κ3) is 3.48. The molecule has 0 aromatic carbocycles. The first kappa shape index (κ1) is 11.8. The molecule has 1 atom stereocenters. The van der Waals surface area contributed by atoms with Gasteiger partial charge in [-0.1, -0.05) is 0 Å². The van der Waals surface area contributed by atoms with Crippen molar-refractivity contribution in [2.45, 2.75) is 12.5 Å². The Kier molecular flexibility index (Phi) is 5.29. The minimum absolute atomic E-state index is 0.0209. The maximum Gasteiger partial charge on any atom is 0.240 e.